The molecule has 0 unspecified atom stereocenters. The van der Waals surface area contributed by atoms with E-state index in [2.05, 4.69) is 41.9 Å². The largest absolute Gasteiger partial charge is 0.507 e. The lowest BCUT2D eigenvalue weighted by Gasteiger charge is -2.22. The number of phenolic OH excluding ortho intramolecular Hbond substituents is 1. The van der Waals surface area contributed by atoms with Gasteiger partial charge in [-0.3, -0.25) is 34.5 Å². The summed E-state index contributed by atoms with van der Waals surface area (Å²) < 4.78 is 12.3. The van der Waals surface area contributed by atoms with E-state index in [4.69, 9.17) is 9.47 Å². The van der Waals surface area contributed by atoms with Gasteiger partial charge in [-0.15, -0.1) is 0 Å². The first-order chi connectivity index (χ1) is 30.4. The van der Waals surface area contributed by atoms with Gasteiger partial charge >= 0.3 is 0 Å². The van der Waals surface area contributed by atoms with E-state index in [9.17, 15) is 9.90 Å². The maximum Gasteiger partial charge on any atom is 0.189 e. The van der Waals surface area contributed by atoms with E-state index < -0.39 is 0 Å². The number of benzene rings is 2. The van der Waals surface area contributed by atoms with Gasteiger partial charge in [0.2, 0.25) is 0 Å². The summed E-state index contributed by atoms with van der Waals surface area (Å²) in [6.07, 6.45) is 16.6. The Bertz CT molecular complexity index is 2200. The third-order valence-corrected chi connectivity index (χ3v) is 10.2. The highest BCUT2D eigenvalue weighted by molar-refractivity contribution is 6.09. The molecule has 0 aliphatic carbocycles. The Hall–Kier alpha value is -6.49. The SMILES string of the molecule is CC(C)=CCc1c(OCCCCN(Cc2ccccn2)Cc2ccccn2)ccc(C(=O)/C=C/c2ccc(OCCCCN(Cc3ccccn3)Cc3ccccn3)cc2)c1O. The number of carbonyl (C=O) groups excluding carboxylic acids is 1. The summed E-state index contributed by atoms with van der Waals surface area (Å²) in [7, 11) is 0. The van der Waals surface area contributed by atoms with Gasteiger partial charge in [-0.1, -0.05) is 54.1 Å². The van der Waals surface area contributed by atoms with Gasteiger partial charge < -0.3 is 14.6 Å². The molecule has 0 aliphatic heterocycles. The van der Waals surface area contributed by atoms with E-state index in [1.807, 2.05) is 130 Å². The molecule has 0 bridgehead atoms. The molecule has 0 aliphatic rings. The molecule has 0 atom stereocenters. The van der Waals surface area contributed by atoms with Gasteiger partial charge in [0.15, 0.2) is 5.78 Å². The van der Waals surface area contributed by atoms with Crippen LogP contribution in [0.15, 0.2) is 152 Å². The van der Waals surface area contributed by atoms with Gasteiger partial charge in [-0.2, -0.15) is 0 Å². The number of pyridine rings is 4. The third kappa shape index (κ3) is 15.2. The standard InChI is InChI=1S/C52H58N6O4/c1-41(2)19-25-49-51(62-36-14-12-34-58(39-45-17-5-9-31-55-45)40-46-18-6-10-32-56-46)28-26-48(52(49)60)50(59)27-22-42-20-23-47(24-21-42)61-35-13-11-33-57(37-43-15-3-7-29-53-43)38-44-16-4-8-30-54-44/h3-10,15-24,26-32,60H,11-14,25,33-40H2,1-2H3/b27-22+. The summed E-state index contributed by atoms with van der Waals surface area (Å²) >= 11 is 0. The highest BCUT2D eigenvalue weighted by atomic mass is 16.5. The number of aromatic hydroxyl groups is 1. The molecule has 0 radical (unpaired) electrons. The van der Waals surface area contributed by atoms with Crippen molar-refractivity contribution in [2.24, 2.45) is 0 Å². The maximum absolute atomic E-state index is 13.4. The van der Waals surface area contributed by atoms with Crippen molar-refractivity contribution >= 4 is 11.9 Å². The summed E-state index contributed by atoms with van der Waals surface area (Å²) in [5.41, 5.74) is 6.92. The van der Waals surface area contributed by atoms with Crippen molar-refractivity contribution in [3.63, 3.8) is 0 Å². The molecule has 6 aromatic rings. The van der Waals surface area contributed by atoms with Crippen LogP contribution in [-0.2, 0) is 32.6 Å². The first-order valence-electron chi connectivity index (χ1n) is 21.5. The van der Waals surface area contributed by atoms with Crippen molar-refractivity contribution in [1.29, 1.82) is 0 Å². The van der Waals surface area contributed by atoms with E-state index in [1.54, 1.807) is 18.2 Å². The molecule has 1 N–H and O–H groups in total. The van der Waals surface area contributed by atoms with Gasteiger partial charge in [0, 0.05) is 56.5 Å². The Balaban J connectivity index is 0.977. The van der Waals surface area contributed by atoms with Gasteiger partial charge in [0.1, 0.15) is 17.2 Å². The van der Waals surface area contributed by atoms with Gasteiger partial charge in [0.05, 0.1) is 41.6 Å². The van der Waals surface area contributed by atoms with Crippen LogP contribution in [0.3, 0.4) is 0 Å². The zero-order valence-electron chi connectivity index (χ0n) is 36.0. The van der Waals surface area contributed by atoms with Crippen LogP contribution in [0.25, 0.3) is 6.08 Å². The van der Waals surface area contributed by atoms with E-state index in [0.29, 0.717) is 30.9 Å². The smallest absolute Gasteiger partial charge is 0.189 e. The average Bonchev–Trinajstić information content (AvgIpc) is 3.29. The summed E-state index contributed by atoms with van der Waals surface area (Å²) in [4.78, 5) is 36.2. The van der Waals surface area contributed by atoms with Crippen LogP contribution >= 0.6 is 0 Å². The van der Waals surface area contributed by atoms with Crippen LogP contribution in [-0.4, -0.2) is 66.9 Å². The lowest BCUT2D eigenvalue weighted by molar-refractivity contribution is 0.104. The molecule has 0 spiro atoms. The van der Waals surface area contributed by atoms with Gasteiger partial charge in [-0.05, 0) is 143 Å². The number of unbranched alkanes of at least 4 members (excludes halogenated alkanes) is 2. The fourth-order valence-electron chi connectivity index (χ4n) is 6.95. The van der Waals surface area contributed by atoms with Crippen molar-refractivity contribution in [3.05, 3.63) is 191 Å². The molecule has 4 aromatic heterocycles. The van der Waals surface area contributed by atoms with Crippen molar-refractivity contribution in [2.75, 3.05) is 26.3 Å². The molecular formula is C52H58N6O4. The van der Waals surface area contributed by atoms with E-state index in [1.165, 1.54) is 6.08 Å². The van der Waals surface area contributed by atoms with E-state index in [-0.39, 0.29) is 17.1 Å². The average molecular weight is 831 g/mol. The number of phenols is 1. The molecule has 6 rings (SSSR count). The van der Waals surface area contributed by atoms with E-state index in [0.717, 1.165) is 105 Å². The quantitative estimate of drug-likeness (QED) is 0.0259. The minimum Gasteiger partial charge on any atom is -0.507 e. The van der Waals surface area contributed by atoms with Crippen molar-refractivity contribution in [1.82, 2.24) is 29.7 Å². The van der Waals surface area contributed by atoms with Crippen LogP contribution in [0.5, 0.6) is 17.2 Å². The van der Waals surface area contributed by atoms with Crippen molar-refractivity contribution in [3.8, 4) is 17.2 Å². The second-order valence-corrected chi connectivity index (χ2v) is 15.5. The first kappa shape index (κ1) is 45.0. The number of hydrogen-bond acceptors (Lipinski definition) is 10. The number of allylic oxidation sites excluding steroid dienone is 3. The molecule has 320 valence electrons. The van der Waals surface area contributed by atoms with Crippen LogP contribution < -0.4 is 9.47 Å². The summed E-state index contributed by atoms with van der Waals surface area (Å²) in [6, 6.07) is 35.1. The predicted octanol–water partition coefficient (Wildman–Crippen LogP) is 10.1. The predicted molar refractivity (Wildman–Crippen MR) is 246 cm³/mol. The summed E-state index contributed by atoms with van der Waals surface area (Å²) in [5.74, 6) is 1.03. The normalized spacial score (nSPS) is 11.3. The molecule has 10 heteroatoms. The first-order valence-corrected chi connectivity index (χ1v) is 21.5. The van der Waals surface area contributed by atoms with Crippen LogP contribution in [0.1, 0.15) is 83.8 Å². The molecule has 0 amide bonds. The highest BCUT2D eigenvalue weighted by Gasteiger charge is 2.17. The Morgan fingerprint density at radius 3 is 1.53 bits per heavy atom. The zero-order chi connectivity index (χ0) is 43.2. The number of carbonyl (C=O) groups is 1. The third-order valence-electron chi connectivity index (χ3n) is 10.2. The maximum atomic E-state index is 13.4. The molecule has 0 fully saturated rings. The van der Waals surface area contributed by atoms with Crippen LogP contribution in [0, 0.1) is 0 Å². The second-order valence-electron chi connectivity index (χ2n) is 15.5. The summed E-state index contributed by atoms with van der Waals surface area (Å²) in [6.45, 7) is 9.83. The molecule has 62 heavy (non-hydrogen) atoms. The summed E-state index contributed by atoms with van der Waals surface area (Å²) in [5, 5.41) is 11.4. The number of ether oxygens (including phenoxy) is 2. The molecule has 2 aromatic carbocycles. The number of nitrogens with zero attached hydrogens (tertiary/aromatic N) is 6. The molecule has 0 saturated carbocycles. The minimum atomic E-state index is -0.283. The lowest BCUT2D eigenvalue weighted by atomic mass is 10.00. The molecule has 10 nitrogen and oxygen atoms in total. The van der Waals surface area contributed by atoms with Crippen molar-refractivity contribution < 1.29 is 19.4 Å². The Kier molecular flexibility index (Phi) is 17.9. The second kappa shape index (κ2) is 24.7. The fourth-order valence-corrected chi connectivity index (χ4v) is 6.95. The van der Waals surface area contributed by atoms with Gasteiger partial charge in [-0.25, -0.2) is 0 Å². The topological polar surface area (TPSA) is 114 Å². The van der Waals surface area contributed by atoms with Gasteiger partial charge in [0.25, 0.3) is 0 Å². The monoisotopic (exact) mass is 830 g/mol. The minimum absolute atomic E-state index is 0.0492. The lowest BCUT2D eigenvalue weighted by Crippen LogP contribution is -2.25. The zero-order valence-corrected chi connectivity index (χ0v) is 36.0. The Morgan fingerprint density at radius 2 is 1.08 bits per heavy atom. The van der Waals surface area contributed by atoms with Crippen LogP contribution in [0.4, 0.5) is 0 Å². The van der Waals surface area contributed by atoms with E-state index >= 15 is 0 Å². The fraction of sp³-hybridized carbons (Fsp3) is 0.288. The number of ketones is 1. The van der Waals surface area contributed by atoms with Crippen LogP contribution in [0.2, 0.25) is 0 Å². The Labute approximate surface area is 366 Å². The molecule has 0 saturated heterocycles. The molecule has 4 heterocycles. The Morgan fingerprint density at radius 1 is 0.597 bits per heavy atom. The van der Waals surface area contributed by atoms with Crippen molar-refractivity contribution in [2.45, 2.75) is 72.1 Å². The molecular weight excluding hydrogens is 773 g/mol. The number of aromatic nitrogens is 4. The number of hydrogen-bond donors (Lipinski definition) is 1. The highest BCUT2D eigenvalue weighted by Crippen LogP contribution is 2.33. The number of rotatable bonds is 25.